The summed E-state index contributed by atoms with van der Waals surface area (Å²) in [5, 5.41) is 5.40. The Labute approximate surface area is 171 Å². The smallest absolute Gasteiger partial charge is 0.313 e. The summed E-state index contributed by atoms with van der Waals surface area (Å²) >= 11 is 0. The Bertz CT molecular complexity index is 805. The third-order valence-electron chi connectivity index (χ3n) is 5.06. The topological polar surface area (TPSA) is 83.6 Å². The van der Waals surface area contributed by atoms with E-state index < -0.39 is 11.8 Å². The van der Waals surface area contributed by atoms with Crippen LogP contribution in [-0.2, 0) is 16.1 Å². The molecule has 154 valence electrons. The van der Waals surface area contributed by atoms with Crippen LogP contribution in [0.25, 0.3) is 0 Å². The molecule has 0 aliphatic carbocycles. The number of anilines is 1. The molecule has 2 heterocycles. The highest BCUT2D eigenvalue weighted by atomic mass is 16.5. The number of piperidine rings is 1. The molecule has 1 aromatic heterocycles. The number of nitrogens with zero attached hydrogens (tertiary/aromatic N) is 2. The number of aromatic nitrogens is 1. The Morgan fingerprint density at radius 2 is 1.83 bits per heavy atom. The predicted octanol–water partition coefficient (Wildman–Crippen LogP) is 2.45. The normalized spacial score (nSPS) is 14.9. The van der Waals surface area contributed by atoms with E-state index in [9.17, 15) is 9.59 Å². The molecule has 2 amide bonds. The average molecular weight is 396 g/mol. The summed E-state index contributed by atoms with van der Waals surface area (Å²) in [6, 6.07) is 11.2. The number of ether oxygens (including phenoxy) is 1. The number of para-hydroxylation sites is 2. The molecule has 3 rings (SSSR count). The zero-order valence-electron chi connectivity index (χ0n) is 16.8. The van der Waals surface area contributed by atoms with Crippen molar-refractivity contribution in [3.63, 3.8) is 0 Å². The molecule has 7 nitrogen and oxygen atoms in total. The maximum atomic E-state index is 12.2. The van der Waals surface area contributed by atoms with Crippen LogP contribution in [0.2, 0.25) is 0 Å². The minimum Gasteiger partial charge on any atom is -0.492 e. The molecule has 1 aliphatic heterocycles. The number of rotatable bonds is 7. The van der Waals surface area contributed by atoms with E-state index in [1.807, 2.05) is 37.5 Å². The van der Waals surface area contributed by atoms with Gasteiger partial charge in [-0.2, -0.15) is 0 Å². The average Bonchev–Trinajstić information content (AvgIpc) is 2.75. The summed E-state index contributed by atoms with van der Waals surface area (Å²) in [5.41, 5.74) is 1.76. The van der Waals surface area contributed by atoms with Gasteiger partial charge in [-0.05, 0) is 68.6 Å². The molecule has 1 aliphatic rings. The summed E-state index contributed by atoms with van der Waals surface area (Å²) in [6.07, 6.45) is 5.63. The van der Waals surface area contributed by atoms with E-state index in [1.165, 1.54) is 5.56 Å². The van der Waals surface area contributed by atoms with E-state index in [4.69, 9.17) is 4.74 Å². The first-order valence-corrected chi connectivity index (χ1v) is 10.1. The van der Waals surface area contributed by atoms with Gasteiger partial charge < -0.3 is 15.4 Å². The van der Waals surface area contributed by atoms with E-state index in [0.717, 1.165) is 32.5 Å². The van der Waals surface area contributed by atoms with Crippen molar-refractivity contribution in [2.24, 2.45) is 5.92 Å². The zero-order chi connectivity index (χ0) is 20.5. The fourth-order valence-electron chi connectivity index (χ4n) is 3.44. The number of nitrogens with one attached hydrogen (secondary N) is 2. The van der Waals surface area contributed by atoms with E-state index in [2.05, 4.69) is 20.5 Å². The highest BCUT2D eigenvalue weighted by Gasteiger charge is 2.22. The number of benzene rings is 1. The Balaban J connectivity index is 1.40. The van der Waals surface area contributed by atoms with Crippen molar-refractivity contribution >= 4 is 17.5 Å². The quantitative estimate of drug-likeness (QED) is 0.703. The van der Waals surface area contributed by atoms with Crippen LogP contribution < -0.4 is 15.4 Å². The van der Waals surface area contributed by atoms with Gasteiger partial charge in [-0.1, -0.05) is 12.1 Å². The number of likely N-dealkylation sites (tertiary alicyclic amines) is 1. The number of amides is 2. The standard InChI is InChI=1S/C22H28N4O3/c1-2-29-20-6-4-3-5-19(20)25-22(28)21(27)24-15-17-9-13-26(14-10-17)16-18-7-11-23-12-8-18/h3-8,11-12,17H,2,9-10,13-16H2,1H3,(H,24,27)(H,25,28). The fraction of sp³-hybridized carbons (Fsp3) is 0.409. The first-order chi connectivity index (χ1) is 14.2. The molecule has 0 saturated carbocycles. The number of carbonyl (C=O) groups excluding carboxylic acids is 2. The van der Waals surface area contributed by atoms with Gasteiger partial charge >= 0.3 is 11.8 Å². The number of hydrogen-bond donors (Lipinski definition) is 2. The number of hydrogen-bond acceptors (Lipinski definition) is 5. The monoisotopic (exact) mass is 396 g/mol. The van der Waals surface area contributed by atoms with Gasteiger partial charge in [0, 0.05) is 25.5 Å². The van der Waals surface area contributed by atoms with Gasteiger partial charge in [-0.3, -0.25) is 19.5 Å². The highest BCUT2D eigenvalue weighted by molar-refractivity contribution is 6.39. The van der Waals surface area contributed by atoms with Crippen LogP contribution >= 0.6 is 0 Å². The Kier molecular flexibility index (Phi) is 7.58. The van der Waals surface area contributed by atoms with Crippen molar-refractivity contribution in [3.8, 4) is 5.75 Å². The Morgan fingerprint density at radius 1 is 1.10 bits per heavy atom. The lowest BCUT2D eigenvalue weighted by atomic mass is 9.96. The molecule has 0 atom stereocenters. The van der Waals surface area contributed by atoms with E-state index in [1.54, 1.807) is 18.2 Å². The van der Waals surface area contributed by atoms with Crippen molar-refractivity contribution in [2.75, 3.05) is 31.6 Å². The molecule has 0 spiro atoms. The van der Waals surface area contributed by atoms with E-state index >= 15 is 0 Å². The van der Waals surface area contributed by atoms with Crippen LogP contribution in [0.1, 0.15) is 25.3 Å². The second-order valence-electron chi connectivity index (χ2n) is 7.17. The van der Waals surface area contributed by atoms with Crippen LogP contribution in [0, 0.1) is 5.92 Å². The fourth-order valence-corrected chi connectivity index (χ4v) is 3.44. The predicted molar refractivity (Wildman–Crippen MR) is 111 cm³/mol. The van der Waals surface area contributed by atoms with Crippen LogP contribution in [0.5, 0.6) is 5.75 Å². The lowest BCUT2D eigenvalue weighted by Gasteiger charge is -2.32. The molecule has 7 heteroatoms. The van der Waals surface area contributed by atoms with E-state index in [0.29, 0.717) is 30.5 Å². The second kappa shape index (κ2) is 10.6. The van der Waals surface area contributed by atoms with Crippen molar-refractivity contribution in [2.45, 2.75) is 26.3 Å². The summed E-state index contributed by atoms with van der Waals surface area (Å²) < 4.78 is 5.47. The van der Waals surface area contributed by atoms with Gasteiger partial charge in [0.25, 0.3) is 0 Å². The zero-order valence-corrected chi connectivity index (χ0v) is 16.8. The van der Waals surface area contributed by atoms with Crippen molar-refractivity contribution < 1.29 is 14.3 Å². The highest BCUT2D eigenvalue weighted by Crippen LogP contribution is 2.23. The van der Waals surface area contributed by atoms with Gasteiger partial charge in [0.15, 0.2) is 0 Å². The third-order valence-corrected chi connectivity index (χ3v) is 5.06. The van der Waals surface area contributed by atoms with Gasteiger partial charge in [-0.15, -0.1) is 0 Å². The van der Waals surface area contributed by atoms with Gasteiger partial charge in [0.05, 0.1) is 12.3 Å². The SMILES string of the molecule is CCOc1ccccc1NC(=O)C(=O)NCC1CCN(Cc2ccncc2)CC1. The first-order valence-electron chi connectivity index (χ1n) is 10.1. The summed E-state index contributed by atoms with van der Waals surface area (Å²) in [7, 11) is 0. The second-order valence-corrected chi connectivity index (χ2v) is 7.17. The number of pyridine rings is 1. The Hall–Kier alpha value is -2.93. The summed E-state index contributed by atoms with van der Waals surface area (Å²) in [6.45, 7) is 5.76. The van der Waals surface area contributed by atoms with Crippen molar-refractivity contribution in [1.82, 2.24) is 15.2 Å². The minimum atomic E-state index is -0.674. The van der Waals surface area contributed by atoms with Gasteiger partial charge in [-0.25, -0.2) is 0 Å². The minimum absolute atomic E-state index is 0.385. The molecule has 0 bridgehead atoms. The van der Waals surface area contributed by atoms with Crippen LogP contribution in [0.3, 0.4) is 0 Å². The molecule has 2 N–H and O–H groups in total. The summed E-state index contributed by atoms with van der Waals surface area (Å²) in [4.78, 5) is 30.8. The molecule has 1 aromatic carbocycles. The molecule has 0 unspecified atom stereocenters. The first kappa shape index (κ1) is 20.8. The van der Waals surface area contributed by atoms with Crippen LogP contribution in [0.4, 0.5) is 5.69 Å². The summed E-state index contributed by atoms with van der Waals surface area (Å²) in [5.74, 6) is -0.350. The van der Waals surface area contributed by atoms with Gasteiger partial charge in [0.1, 0.15) is 5.75 Å². The van der Waals surface area contributed by atoms with Crippen molar-refractivity contribution in [3.05, 3.63) is 54.4 Å². The maximum absolute atomic E-state index is 12.2. The molecule has 29 heavy (non-hydrogen) atoms. The Morgan fingerprint density at radius 3 is 2.55 bits per heavy atom. The van der Waals surface area contributed by atoms with Crippen LogP contribution in [0.15, 0.2) is 48.8 Å². The lowest BCUT2D eigenvalue weighted by molar-refractivity contribution is -0.136. The molecule has 1 fully saturated rings. The molecule has 2 aromatic rings. The number of carbonyl (C=O) groups is 2. The van der Waals surface area contributed by atoms with Crippen LogP contribution in [-0.4, -0.2) is 47.9 Å². The molecule has 1 saturated heterocycles. The molecular formula is C22H28N4O3. The van der Waals surface area contributed by atoms with Gasteiger partial charge in [0.2, 0.25) is 0 Å². The van der Waals surface area contributed by atoms with E-state index in [-0.39, 0.29) is 0 Å². The molecule has 0 radical (unpaired) electrons. The van der Waals surface area contributed by atoms with Crippen molar-refractivity contribution in [1.29, 1.82) is 0 Å². The maximum Gasteiger partial charge on any atom is 0.313 e. The third kappa shape index (κ3) is 6.29. The largest absolute Gasteiger partial charge is 0.492 e. The lowest BCUT2D eigenvalue weighted by Crippen LogP contribution is -2.41. The molecular weight excluding hydrogens is 368 g/mol.